The Morgan fingerprint density at radius 2 is 2.03 bits per heavy atom. The first-order chi connectivity index (χ1) is 15.0. The Morgan fingerprint density at radius 3 is 2.87 bits per heavy atom. The molecule has 156 valence electrons. The van der Waals surface area contributed by atoms with E-state index in [1.165, 1.54) is 21.9 Å². The minimum Gasteiger partial charge on any atom is -0.324 e. The molecule has 3 heterocycles. The second-order valence-corrected chi connectivity index (χ2v) is 8.02. The summed E-state index contributed by atoms with van der Waals surface area (Å²) in [4.78, 5) is 26.5. The van der Waals surface area contributed by atoms with Gasteiger partial charge >= 0.3 is 5.69 Å². The van der Waals surface area contributed by atoms with Crippen LogP contribution in [-0.4, -0.2) is 38.0 Å². The number of nitrogens with one attached hydrogen (secondary N) is 3. The second kappa shape index (κ2) is 7.64. The molecule has 2 aromatic heterocycles. The van der Waals surface area contributed by atoms with E-state index in [-0.39, 0.29) is 11.1 Å². The summed E-state index contributed by atoms with van der Waals surface area (Å²) in [6.45, 7) is 1.96. The number of hydrogen-bond donors (Lipinski definition) is 3. The van der Waals surface area contributed by atoms with Gasteiger partial charge in [0.05, 0.1) is 16.1 Å². The summed E-state index contributed by atoms with van der Waals surface area (Å²) in [5.74, 6) is 0.349. The van der Waals surface area contributed by atoms with E-state index in [0.717, 1.165) is 25.2 Å². The molecule has 2 aromatic carbocycles. The molecule has 1 aliphatic rings. The fraction of sp³-hybridized carbons (Fsp3) is 0.182. The lowest BCUT2D eigenvalue weighted by atomic mass is 9.99. The van der Waals surface area contributed by atoms with Gasteiger partial charge in [0.1, 0.15) is 5.49 Å². The number of anilines is 2. The molecule has 0 radical (unpaired) electrons. The van der Waals surface area contributed by atoms with E-state index in [4.69, 9.17) is 17.0 Å². The van der Waals surface area contributed by atoms with Crippen LogP contribution in [0.15, 0.2) is 53.5 Å². The maximum atomic E-state index is 12.7. The smallest absolute Gasteiger partial charge is 0.324 e. The SMILES string of the molecule is CN1CCc2ccc(Nc3ncc4c(=N)n(-c5ccccc5Cl)c(=O)[nH]c4n3)cc2C1. The van der Waals surface area contributed by atoms with Gasteiger partial charge in [0.15, 0.2) is 5.65 Å². The molecule has 8 nitrogen and oxygen atoms in total. The van der Waals surface area contributed by atoms with Crippen LogP contribution in [-0.2, 0) is 13.0 Å². The molecule has 0 unspecified atom stereocenters. The molecule has 0 saturated heterocycles. The van der Waals surface area contributed by atoms with E-state index < -0.39 is 5.69 Å². The van der Waals surface area contributed by atoms with Crippen molar-refractivity contribution in [1.82, 2.24) is 24.4 Å². The molecule has 0 aliphatic carbocycles. The second-order valence-electron chi connectivity index (χ2n) is 7.62. The fourth-order valence-corrected chi connectivity index (χ4v) is 4.08. The number of hydrogen-bond acceptors (Lipinski definition) is 6. The number of benzene rings is 2. The summed E-state index contributed by atoms with van der Waals surface area (Å²) < 4.78 is 1.21. The van der Waals surface area contributed by atoms with Crippen LogP contribution in [0.5, 0.6) is 0 Å². The average molecular weight is 434 g/mol. The van der Waals surface area contributed by atoms with Gasteiger partial charge in [-0.3, -0.25) is 10.4 Å². The van der Waals surface area contributed by atoms with E-state index in [2.05, 4.69) is 44.3 Å². The average Bonchev–Trinajstić information content (AvgIpc) is 2.74. The summed E-state index contributed by atoms with van der Waals surface area (Å²) in [7, 11) is 2.11. The maximum Gasteiger partial charge on any atom is 0.333 e. The Kier molecular flexibility index (Phi) is 4.80. The quantitative estimate of drug-likeness (QED) is 0.461. The van der Waals surface area contributed by atoms with E-state index in [1.807, 2.05) is 6.07 Å². The van der Waals surface area contributed by atoms with E-state index in [1.54, 1.807) is 24.3 Å². The fourth-order valence-electron chi connectivity index (χ4n) is 3.86. The molecule has 0 amide bonds. The topological polar surface area (TPSA) is 103 Å². The molecule has 3 N–H and O–H groups in total. The molecule has 0 bridgehead atoms. The van der Waals surface area contributed by atoms with Crippen LogP contribution >= 0.6 is 11.6 Å². The van der Waals surface area contributed by atoms with Gasteiger partial charge < -0.3 is 10.2 Å². The molecule has 31 heavy (non-hydrogen) atoms. The Bertz CT molecular complexity index is 1430. The standard InChI is InChI=1S/C22H20ClN7O/c1-29-9-8-13-6-7-15(10-14(13)12-29)26-21-25-11-16-19(24)30(22(31)28-20(16)27-21)18-5-3-2-4-17(18)23/h2-7,10-11,24H,8-9,12H2,1H3,(H2,25,26,27,28,31). The minimum atomic E-state index is -0.493. The van der Waals surface area contributed by atoms with Gasteiger partial charge in [-0.2, -0.15) is 4.98 Å². The first-order valence-corrected chi connectivity index (χ1v) is 10.3. The van der Waals surface area contributed by atoms with Crippen molar-refractivity contribution in [1.29, 1.82) is 5.41 Å². The van der Waals surface area contributed by atoms with Crippen molar-refractivity contribution in [2.75, 3.05) is 18.9 Å². The summed E-state index contributed by atoms with van der Waals surface area (Å²) >= 11 is 6.23. The molecule has 0 fully saturated rings. The highest BCUT2D eigenvalue weighted by Crippen LogP contribution is 2.23. The summed E-state index contributed by atoms with van der Waals surface area (Å²) in [6, 6.07) is 13.1. The number of H-pyrrole nitrogens is 1. The van der Waals surface area contributed by atoms with Crippen LogP contribution in [0.3, 0.4) is 0 Å². The molecular formula is C22H20ClN7O. The Morgan fingerprint density at radius 1 is 1.19 bits per heavy atom. The van der Waals surface area contributed by atoms with Crippen molar-refractivity contribution in [2.45, 2.75) is 13.0 Å². The largest absolute Gasteiger partial charge is 0.333 e. The molecule has 4 aromatic rings. The number of para-hydroxylation sites is 1. The number of rotatable bonds is 3. The van der Waals surface area contributed by atoms with Gasteiger partial charge in [-0.1, -0.05) is 29.8 Å². The zero-order valence-electron chi connectivity index (χ0n) is 16.8. The van der Waals surface area contributed by atoms with Crippen molar-refractivity contribution in [2.24, 2.45) is 0 Å². The Labute approximate surface area is 182 Å². The first kappa shape index (κ1) is 19.5. The molecule has 0 saturated carbocycles. The number of halogens is 1. The van der Waals surface area contributed by atoms with Crippen LogP contribution in [0.4, 0.5) is 11.6 Å². The van der Waals surface area contributed by atoms with Gasteiger partial charge in [0.25, 0.3) is 0 Å². The van der Waals surface area contributed by atoms with E-state index >= 15 is 0 Å². The predicted octanol–water partition coefficient (Wildman–Crippen LogP) is 2.97. The number of nitrogens with zero attached hydrogens (tertiary/aromatic N) is 4. The van der Waals surface area contributed by atoms with Crippen LogP contribution in [0.1, 0.15) is 11.1 Å². The Balaban J connectivity index is 1.52. The molecule has 1 aliphatic heterocycles. The summed E-state index contributed by atoms with van der Waals surface area (Å²) in [6.07, 6.45) is 2.57. The molecule has 5 rings (SSSR count). The van der Waals surface area contributed by atoms with Gasteiger partial charge in [-0.05, 0) is 48.9 Å². The van der Waals surface area contributed by atoms with Crippen LogP contribution in [0, 0.1) is 5.41 Å². The zero-order chi connectivity index (χ0) is 21.5. The van der Waals surface area contributed by atoms with Crippen LogP contribution in [0.2, 0.25) is 5.02 Å². The lowest BCUT2D eigenvalue weighted by molar-refractivity contribution is 0.313. The van der Waals surface area contributed by atoms with Crippen molar-refractivity contribution in [3.8, 4) is 5.69 Å². The maximum absolute atomic E-state index is 12.7. The third kappa shape index (κ3) is 3.60. The highest BCUT2D eigenvalue weighted by molar-refractivity contribution is 6.32. The van der Waals surface area contributed by atoms with Crippen molar-refractivity contribution in [3.63, 3.8) is 0 Å². The van der Waals surface area contributed by atoms with Crippen LogP contribution < -0.4 is 16.5 Å². The monoisotopic (exact) mass is 433 g/mol. The lowest BCUT2D eigenvalue weighted by Gasteiger charge is -2.25. The van der Waals surface area contributed by atoms with Crippen molar-refractivity contribution >= 4 is 34.3 Å². The third-order valence-electron chi connectivity index (χ3n) is 5.45. The van der Waals surface area contributed by atoms with Gasteiger partial charge in [-0.15, -0.1) is 0 Å². The Hall–Kier alpha value is -3.49. The van der Waals surface area contributed by atoms with Crippen LogP contribution in [0.25, 0.3) is 16.7 Å². The minimum absolute atomic E-state index is 0.0322. The third-order valence-corrected chi connectivity index (χ3v) is 5.77. The highest BCUT2D eigenvalue weighted by Gasteiger charge is 2.15. The zero-order valence-corrected chi connectivity index (χ0v) is 17.6. The number of likely N-dealkylation sites (N-methyl/N-ethyl adjacent to an activating group) is 1. The number of aromatic nitrogens is 4. The van der Waals surface area contributed by atoms with Crippen molar-refractivity contribution < 1.29 is 0 Å². The molecular weight excluding hydrogens is 414 g/mol. The first-order valence-electron chi connectivity index (χ1n) is 9.88. The van der Waals surface area contributed by atoms with Gasteiger partial charge in [-0.25, -0.2) is 14.3 Å². The molecule has 9 heteroatoms. The van der Waals surface area contributed by atoms with Gasteiger partial charge in [0.2, 0.25) is 5.95 Å². The molecule has 0 atom stereocenters. The summed E-state index contributed by atoms with van der Waals surface area (Å²) in [5.41, 5.74) is 3.70. The summed E-state index contributed by atoms with van der Waals surface area (Å²) in [5, 5.41) is 12.5. The lowest BCUT2D eigenvalue weighted by Crippen LogP contribution is -2.34. The highest BCUT2D eigenvalue weighted by atomic mass is 35.5. The normalized spacial score (nSPS) is 13.9. The predicted molar refractivity (Wildman–Crippen MR) is 120 cm³/mol. The number of aromatic amines is 1. The molecule has 0 spiro atoms. The van der Waals surface area contributed by atoms with Gasteiger partial charge in [0, 0.05) is 25.0 Å². The number of fused-ring (bicyclic) bond motifs is 2. The van der Waals surface area contributed by atoms with E-state index in [0.29, 0.717) is 22.0 Å². The van der Waals surface area contributed by atoms with Crippen molar-refractivity contribution in [3.05, 3.63) is 80.8 Å². The van der Waals surface area contributed by atoms with E-state index in [9.17, 15) is 4.79 Å².